The lowest BCUT2D eigenvalue weighted by Crippen LogP contribution is -2.65. The topological polar surface area (TPSA) is 238 Å². The van der Waals surface area contributed by atoms with Crippen LogP contribution in [0.5, 0.6) is 0 Å². The Morgan fingerprint density at radius 1 is 0.281 bits per heavy atom. The number of hydrogen-bond donors (Lipinski definition) is 8. The van der Waals surface area contributed by atoms with E-state index < -0.39 is 44.6 Å². The summed E-state index contributed by atoms with van der Waals surface area (Å²) in [5.41, 5.74) is -7.90. The van der Waals surface area contributed by atoms with Crippen LogP contribution in [0.1, 0.15) is 83.1 Å². The fourth-order valence-corrected chi connectivity index (χ4v) is 7.12. The third-order valence-corrected chi connectivity index (χ3v) is 11.2. The summed E-state index contributed by atoms with van der Waals surface area (Å²) in [4.78, 5) is 55.4. The molecular weight excluding hydrogens is 833 g/mol. The molecule has 4 atom stereocenters. The van der Waals surface area contributed by atoms with Crippen molar-refractivity contribution < 1.29 is 57.1 Å². The van der Waals surface area contributed by atoms with E-state index in [0.29, 0.717) is 26.2 Å². The molecule has 6 fully saturated rings. The minimum Gasteiger partial charge on any atom is -0.377 e. The Kier molecular flexibility index (Phi) is 21.3. The normalized spacial score (nSPS) is 33.9. The van der Waals surface area contributed by atoms with Crippen molar-refractivity contribution in [2.45, 2.75) is 128 Å². The lowest BCUT2D eigenvalue weighted by molar-refractivity contribution is -0.152. The van der Waals surface area contributed by atoms with Gasteiger partial charge in [-0.25, -0.2) is 0 Å². The third kappa shape index (κ3) is 18.9. The molecule has 6 aliphatic rings. The molecule has 0 aliphatic carbocycles. The predicted molar refractivity (Wildman–Crippen MR) is 241 cm³/mol. The average Bonchev–Trinajstić information content (AvgIpc) is 3.17. The predicted octanol–water partition coefficient (Wildman–Crippen LogP) is -0.868. The van der Waals surface area contributed by atoms with Crippen LogP contribution in [0, 0.1) is 0 Å². The second-order valence-corrected chi connectivity index (χ2v) is 20.5. The quantitative estimate of drug-likeness (QED) is 0.148. The van der Waals surface area contributed by atoms with E-state index in [2.05, 4.69) is 42.5 Å². The van der Waals surface area contributed by atoms with Crippen molar-refractivity contribution in [3.8, 4) is 0 Å². The Hall–Kier alpha value is -2.60. The summed E-state index contributed by atoms with van der Waals surface area (Å²) in [5, 5.41) is 25.8. The van der Waals surface area contributed by atoms with E-state index >= 15 is 0 Å². The van der Waals surface area contributed by atoms with E-state index in [1.807, 2.05) is 55.4 Å². The maximum absolute atomic E-state index is 13.8. The Bertz CT molecular complexity index is 1290. The summed E-state index contributed by atoms with van der Waals surface area (Å²) in [6.07, 6.45) is 0. The lowest BCUT2D eigenvalue weighted by atomic mass is 9.97. The molecule has 8 N–H and O–H groups in total. The molecule has 0 spiro atoms. The van der Waals surface area contributed by atoms with Gasteiger partial charge in [-0.2, -0.15) is 0 Å². The van der Waals surface area contributed by atoms with Gasteiger partial charge in [-0.3, -0.25) is 19.2 Å². The molecule has 0 aromatic rings. The van der Waals surface area contributed by atoms with Gasteiger partial charge in [-0.1, -0.05) is 0 Å². The molecule has 64 heavy (non-hydrogen) atoms. The highest BCUT2D eigenvalue weighted by atomic mass is 16.6. The molecule has 0 saturated carbocycles. The first-order valence-electron chi connectivity index (χ1n) is 22.8. The van der Waals surface area contributed by atoms with Gasteiger partial charge in [0, 0.05) is 74.5 Å². The highest BCUT2D eigenvalue weighted by Crippen LogP contribution is 2.19. The van der Waals surface area contributed by atoms with E-state index in [4.69, 9.17) is 37.9 Å². The van der Waals surface area contributed by atoms with Crippen LogP contribution in [0.4, 0.5) is 0 Å². The molecule has 4 bridgehead atoms. The van der Waals surface area contributed by atoms with Gasteiger partial charge in [0.15, 0.2) is 22.4 Å². The third-order valence-electron chi connectivity index (χ3n) is 11.2. The molecule has 6 saturated heterocycles. The Balaban J connectivity index is 1.78. The van der Waals surface area contributed by atoms with Crippen LogP contribution in [0.15, 0.2) is 0 Å². The Morgan fingerprint density at radius 2 is 0.453 bits per heavy atom. The minimum atomic E-state index is -1.26. The van der Waals surface area contributed by atoms with Crippen molar-refractivity contribution in [1.82, 2.24) is 42.5 Å². The van der Waals surface area contributed by atoms with E-state index in [9.17, 15) is 19.2 Å². The van der Waals surface area contributed by atoms with Gasteiger partial charge in [0.05, 0.1) is 79.3 Å². The van der Waals surface area contributed by atoms with Crippen molar-refractivity contribution in [1.29, 1.82) is 0 Å². The smallest absolute Gasteiger partial charge is 0.253 e. The summed E-state index contributed by atoms with van der Waals surface area (Å²) in [6.45, 7) is 26.6. The minimum absolute atomic E-state index is 0.139. The van der Waals surface area contributed by atoms with Gasteiger partial charge in [0.1, 0.15) is 0 Å². The summed E-state index contributed by atoms with van der Waals surface area (Å²) in [7, 11) is 0. The van der Waals surface area contributed by atoms with Crippen molar-refractivity contribution in [2.75, 3.05) is 132 Å². The van der Waals surface area contributed by atoms with Crippen LogP contribution in [0.3, 0.4) is 0 Å². The first-order chi connectivity index (χ1) is 29.8. The molecule has 0 aromatic carbocycles. The number of rotatable bonds is 0. The molecule has 372 valence electrons. The van der Waals surface area contributed by atoms with Crippen LogP contribution in [0.2, 0.25) is 0 Å². The largest absolute Gasteiger partial charge is 0.377 e. The van der Waals surface area contributed by atoms with Gasteiger partial charge >= 0.3 is 0 Å². The van der Waals surface area contributed by atoms with Crippen LogP contribution in [-0.2, 0) is 57.1 Å². The monoisotopic (exact) mass is 917 g/mol. The molecule has 20 nitrogen and oxygen atoms in total. The second kappa shape index (κ2) is 24.4. The lowest BCUT2D eigenvalue weighted by Gasteiger charge is -2.39. The molecular formula is C44H84N8O12. The number of ether oxygens (including phenoxy) is 8. The molecule has 4 amide bonds. The fourth-order valence-electron chi connectivity index (χ4n) is 7.12. The zero-order valence-electron chi connectivity index (χ0n) is 41.0. The molecule has 20 heteroatoms. The van der Waals surface area contributed by atoms with E-state index in [1.165, 1.54) is 0 Å². The van der Waals surface area contributed by atoms with Gasteiger partial charge in [0.2, 0.25) is 0 Å². The van der Waals surface area contributed by atoms with E-state index in [0.717, 1.165) is 0 Å². The summed E-state index contributed by atoms with van der Waals surface area (Å²) in [6, 6.07) is 0. The SMILES string of the molecule is CC1(C)CNC[C@@]2(C)OCCOCCOCCO[C@@]3(C)CNCC(C)(C)NC(=O)[C@](C)(CNCC(C)(C)NC3=O)OCCOCCOCCO[C@](C)(CNCC(C)(C)NC2=O)C(=O)N1. The molecule has 0 unspecified atom stereocenters. The van der Waals surface area contributed by atoms with Crippen LogP contribution in [-0.4, -0.2) is 200 Å². The van der Waals surface area contributed by atoms with Gasteiger partial charge in [0.25, 0.3) is 23.6 Å². The van der Waals surface area contributed by atoms with Crippen molar-refractivity contribution in [3.63, 3.8) is 0 Å². The van der Waals surface area contributed by atoms with E-state index in [1.54, 1.807) is 27.7 Å². The second-order valence-electron chi connectivity index (χ2n) is 20.5. The maximum Gasteiger partial charge on any atom is 0.253 e. The van der Waals surface area contributed by atoms with Crippen molar-refractivity contribution in [3.05, 3.63) is 0 Å². The zero-order chi connectivity index (χ0) is 47.8. The first-order valence-corrected chi connectivity index (χ1v) is 22.8. The summed E-state index contributed by atoms with van der Waals surface area (Å²) < 4.78 is 48.0. The highest BCUT2D eigenvalue weighted by Gasteiger charge is 2.43. The van der Waals surface area contributed by atoms with Gasteiger partial charge < -0.3 is 80.4 Å². The van der Waals surface area contributed by atoms with Crippen LogP contribution < -0.4 is 42.5 Å². The van der Waals surface area contributed by atoms with Crippen molar-refractivity contribution in [2.24, 2.45) is 0 Å². The Morgan fingerprint density at radius 3 is 0.641 bits per heavy atom. The Labute approximate surface area is 381 Å². The number of nitrogens with one attached hydrogen (secondary N) is 8. The number of amides is 4. The van der Waals surface area contributed by atoms with Crippen LogP contribution >= 0.6 is 0 Å². The molecule has 6 aliphatic heterocycles. The summed E-state index contributed by atoms with van der Waals surface area (Å²) >= 11 is 0. The number of carbonyl (C=O) groups is 4. The average molecular weight is 917 g/mol. The van der Waals surface area contributed by atoms with Crippen molar-refractivity contribution >= 4 is 23.6 Å². The van der Waals surface area contributed by atoms with E-state index in [-0.39, 0.29) is 129 Å². The molecule has 0 aromatic heterocycles. The zero-order valence-corrected chi connectivity index (χ0v) is 41.0. The highest BCUT2D eigenvalue weighted by molar-refractivity contribution is 5.87. The number of carbonyl (C=O) groups excluding carboxylic acids is 4. The first kappa shape index (κ1) is 55.7. The molecule has 6 heterocycles. The number of hydrogen-bond acceptors (Lipinski definition) is 16. The maximum atomic E-state index is 13.8. The van der Waals surface area contributed by atoms with Gasteiger partial charge in [-0.05, 0) is 83.1 Å². The molecule has 0 radical (unpaired) electrons. The summed E-state index contributed by atoms with van der Waals surface area (Å²) in [5.74, 6) is -1.17. The van der Waals surface area contributed by atoms with Gasteiger partial charge in [-0.15, -0.1) is 0 Å². The standard InChI is InChI=1S/C44H84N8O12/c1-37(2)25-45-29-42(10)34(54)50-38(3,4)26-46-30-41(9,33(53)49-37)61-21-17-57-13-14-59-19-23-63-43(11)31-47-27-40(7,8)52-36(56)44(12,32-48-28-39(5,6)51-35(43)55)64-24-20-60-16-15-58-18-22-62-42/h45-48H,13-32H2,1-12H3,(H,49,53)(H,50,54)(H,51,55)(H,52,56)/t41-,42-,43+,44+. The van der Waals surface area contributed by atoms with Crippen LogP contribution in [0.25, 0.3) is 0 Å². The molecule has 6 rings (SSSR count). The fraction of sp³-hybridized carbons (Fsp3) is 0.909.